The average molecular weight is 417 g/mol. The van der Waals surface area contributed by atoms with Gasteiger partial charge in [0.2, 0.25) is 0 Å². The Balaban J connectivity index is 1.43. The third-order valence-electron chi connectivity index (χ3n) is 4.92. The molecular formula is C24H23N3O4. The number of hydrogen-bond acceptors (Lipinski definition) is 5. The summed E-state index contributed by atoms with van der Waals surface area (Å²) in [6.07, 6.45) is 1.53. The van der Waals surface area contributed by atoms with Crippen LogP contribution in [0.15, 0.2) is 59.7 Å². The van der Waals surface area contributed by atoms with Gasteiger partial charge in [0.05, 0.1) is 25.1 Å². The summed E-state index contributed by atoms with van der Waals surface area (Å²) in [4.78, 5) is 26.7. The van der Waals surface area contributed by atoms with Crippen molar-refractivity contribution in [3.8, 4) is 11.5 Å². The van der Waals surface area contributed by atoms with E-state index in [9.17, 15) is 9.59 Å². The molecule has 0 atom stereocenters. The van der Waals surface area contributed by atoms with Gasteiger partial charge in [-0.1, -0.05) is 24.3 Å². The quantitative estimate of drug-likeness (QED) is 0.447. The van der Waals surface area contributed by atoms with Crippen molar-refractivity contribution in [2.24, 2.45) is 5.10 Å². The molecule has 31 heavy (non-hydrogen) atoms. The first kappa shape index (κ1) is 20.4. The summed E-state index contributed by atoms with van der Waals surface area (Å²) in [5.41, 5.74) is 4.60. The third-order valence-corrected chi connectivity index (χ3v) is 4.92. The van der Waals surface area contributed by atoms with Crippen LogP contribution < -0.4 is 19.8 Å². The molecule has 0 bridgehead atoms. The first-order chi connectivity index (χ1) is 15.1. The van der Waals surface area contributed by atoms with E-state index in [0.717, 1.165) is 22.0 Å². The molecule has 0 aliphatic carbocycles. The minimum Gasteiger partial charge on any atom is -0.490 e. The molecule has 1 N–H and O–H groups in total. The fourth-order valence-corrected chi connectivity index (χ4v) is 3.64. The SMILES string of the molecule is CCOc1ccc(/C=N\NC(=O)CN2C(=O)c3cccc4cccc2c34)cc1OCC. The standard InChI is InChI=1S/C24H23N3O4/c1-3-30-20-12-11-16(13-21(20)31-4-2)14-25-26-22(28)15-27-19-10-6-8-17-7-5-9-18(23(17)19)24(27)29/h5-14H,3-4,15H2,1-2H3,(H,26,28)/b25-14-. The number of benzene rings is 3. The van der Waals surface area contributed by atoms with E-state index in [0.29, 0.717) is 30.3 Å². The van der Waals surface area contributed by atoms with Crippen molar-refractivity contribution in [1.82, 2.24) is 5.43 Å². The summed E-state index contributed by atoms with van der Waals surface area (Å²) < 4.78 is 11.1. The number of hydrogen-bond donors (Lipinski definition) is 1. The van der Waals surface area contributed by atoms with Crippen molar-refractivity contribution < 1.29 is 19.1 Å². The Morgan fingerprint density at radius 2 is 1.77 bits per heavy atom. The Morgan fingerprint density at radius 1 is 1.03 bits per heavy atom. The lowest BCUT2D eigenvalue weighted by Gasteiger charge is -2.16. The summed E-state index contributed by atoms with van der Waals surface area (Å²) >= 11 is 0. The molecule has 3 aromatic carbocycles. The van der Waals surface area contributed by atoms with Gasteiger partial charge >= 0.3 is 0 Å². The van der Waals surface area contributed by atoms with Crippen molar-refractivity contribution in [2.45, 2.75) is 13.8 Å². The summed E-state index contributed by atoms with van der Waals surface area (Å²) in [5, 5.41) is 5.88. The third kappa shape index (κ3) is 4.07. The van der Waals surface area contributed by atoms with E-state index in [1.165, 1.54) is 11.1 Å². The second-order valence-corrected chi connectivity index (χ2v) is 6.94. The van der Waals surface area contributed by atoms with Crippen LogP contribution in [0.1, 0.15) is 29.8 Å². The van der Waals surface area contributed by atoms with Crippen LogP contribution in [0.4, 0.5) is 5.69 Å². The summed E-state index contributed by atoms with van der Waals surface area (Å²) in [6, 6.07) is 16.7. The van der Waals surface area contributed by atoms with Crippen LogP contribution in [0.3, 0.4) is 0 Å². The minimum atomic E-state index is -0.384. The molecule has 0 radical (unpaired) electrons. The number of rotatable bonds is 8. The Bertz CT molecular complexity index is 1170. The molecule has 158 valence electrons. The highest BCUT2D eigenvalue weighted by atomic mass is 16.5. The van der Waals surface area contributed by atoms with E-state index in [2.05, 4.69) is 10.5 Å². The second-order valence-electron chi connectivity index (χ2n) is 6.94. The van der Waals surface area contributed by atoms with Crippen LogP contribution in [-0.4, -0.2) is 37.8 Å². The number of ether oxygens (including phenoxy) is 2. The van der Waals surface area contributed by atoms with Crippen LogP contribution in [0.25, 0.3) is 10.8 Å². The van der Waals surface area contributed by atoms with Gasteiger partial charge in [-0.05, 0) is 55.1 Å². The predicted octanol–water partition coefficient (Wildman–Crippen LogP) is 3.75. The highest BCUT2D eigenvalue weighted by molar-refractivity contribution is 6.26. The van der Waals surface area contributed by atoms with E-state index in [4.69, 9.17) is 9.47 Å². The molecule has 1 aliphatic heterocycles. The highest BCUT2D eigenvalue weighted by Gasteiger charge is 2.30. The van der Waals surface area contributed by atoms with E-state index in [1.54, 1.807) is 18.2 Å². The zero-order chi connectivity index (χ0) is 21.8. The zero-order valence-electron chi connectivity index (χ0n) is 17.4. The van der Waals surface area contributed by atoms with Gasteiger partial charge in [-0.3, -0.25) is 14.5 Å². The molecule has 1 heterocycles. The molecule has 0 saturated carbocycles. The molecule has 0 fully saturated rings. The number of nitrogens with one attached hydrogen (secondary N) is 1. The fourth-order valence-electron chi connectivity index (χ4n) is 3.64. The predicted molar refractivity (Wildman–Crippen MR) is 120 cm³/mol. The maximum absolute atomic E-state index is 12.8. The number of amides is 2. The molecule has 0 unspecified atom stereocenters. The zero-order valence-corrected chi connectivity index (χ0v) is 17.4. The van der Waals surface area contributed by atoms with E-state index in [1.807, 2.05) is 50.2 Å². The number of nitrogens with zero attached hydrogens (tertiary/aromatic N) is 2. The first-order valence-electron chi connectivity index (χ1n) is 10.2. The van der Waals surface area contributed by atoms with Crippen LogP contribution >= 0.6 is 0 Å². The largest absolute Gasteiger partial charge is 0.490 e. The Morgan fingerprint density at radius 3 is 2.55 bits per heavy atom. The van der Waals surface area contributed by atoms with Crippen molar-refractivity contribution in [2.75, 3.05) is 24.7 Å². The molecular weight excluding hydrogens is 394 g/mol. The summed E-state index contributed by atoms with van der Waals surface area (Å²) in [7, 11) is 0. The lowest BCUT2D eigenvalue weighted by Crippen LogP contribution is -2.37. The van der Waals surface area contributed by atoms with E-state index < -0.39 is 0 Å². The van der Waals surface area contributed by atoms with E-state index >= 15 is 0 Å². The molecule has 2 amide bonds. The smallest absolute Gasteiger partial charge is 0.260 e. The van der Waals surface area contributed by atoms with Gasteiger partial charge in [-0.2, -0.15) is 5.10 Å². The lowest BCUT2D eigenvalue weighted by atomic mass is 10.1. The van der Waals surface area contributed by atoms with Gasteiger partial charge in [0, 0.05) is 10.9 Å². The number of hydrazone groups is 1. The Labute approximate surface area is 180 Å². The van der Waals surface area contributed by atoms with Gasteiger partial charge in [0.25, 0.3) is 11.8 Å². The summed E-state index contributed by atoms with van der Waals surface area (Å²) in [6.45, 7) is 4.74. The topological polar surface area (TPSA) is 80.2 Å². The minimum absolute atomic E-state index is 0.114. The van der Waals surface area contributed by atoms with Crippen molar-refractivity contribution in [1.29, 1.82) is 0 Å². The average Bonchev–Trinajstić information content (AvgIpc) is 3.04. The van der Waals surface area contributed by atoms with Crippen LogP contribution in [0, 0.1) is 0 Å². The van der Waals surface area contributed by atoms with Crippen molar-refractivity contribution in [3.63, 3.8) is 0 Å². The maximum Gasteiger partial charge on any atom is 0.260 e. The van der Waals surface area contributed by atoms with Gasteiger partial charge in [-0.25, -0.2) is 5.43 Å². The number of anilines is 1. The first-order valence-corrected chi connectivity index (χ1v) is 10.2. The number of carbonyl (C=O) groups is 2. The molecule has 3 aromatic rings. The van der Waals surface area contributed by atoms with Gasteiger partial charge < -0.3 is 9.47 Å². The van der Waals surface area contributed by atoms with Crippen LogP contribution in [0.5, 0.6) is 11.5 Å². The highest BCUT2D eigenvalue weighted by Crippen LogP contribution is 2.36. The fraction of sp³-hybridized carbons (Fsp3) is 0.208. The van der Waals surface area contributed by atoms with E-state index in [-0.39, 0.29) is 18.4 Å². The summed E-state index contributed by atoms with van der Waals surface area (Å²) in [5.74, 6) is 0.712. The van der Waals surface area contributed by atoms with Gasteiger partial charge in [0.15, 0.2) is 11.5 Å². The molecule has 1 aliphatic rings. The molecule has 0 saturated heterocycles. The second kappa shape index (κ2) is 8.87. The number of carbonyl (C=O) groups excluding carboxylic acids is 2. The molecule has 7 heteroatoms. The molecule has 0 spiro atoms. The maximum atomic E-state index is 12.8. The Kier molecular flexibility index (Phi) is 5.84. The van der Waals surface area contributed by atoms with Gasteiger partial charge in [-0.15, -0.1) is 0 Å². The monoisotopic (exact) mass is 417 g/mol. The van der Waals surface area contributed by atoms with Crippen molar-refractivity contribution >= 4 is 34.5 Å². The Hall–Kier alpha value is -3.87. The van der Waals surface area contributed by atoms with Crippen LogP contribution in [-0.2, 0) is 4.79 Å². The normalized spacial score (nSPS) is 12.6. The van der Waals surface area contributed by atoms with Crippen LogP contribution in [0.2, 0.25) is 0 Å². The molecule has 4 rings (SSSR count). The van der Waals surface area contributed by atoms with Crippen molar-refractivity contribution in [3.05, 3.63) is 65.7 Å². The molecule has 0 aromatic heterocycles. The van der Waals surface area contributed by atoms with Gasteiger partial charge in [0.1, 0.15) is 6.54 Å². The lowest BCUT2D eigenvalue weighted by molar-refractivity contribution is -0.119. The molecule has 7 nitrogen and oxygen atoms in total.